The molecule has 0 aliphatic rings. The number of benzene rings is 2. The second-order valence-corrected chi connectivity index (χ2v) is 6.23. The number of nitrogens with one attached hydrogen (secondary N) is 1. The van der Waals surface area contributed by atoms with Gasteiger partial charge in [0.05, 0.1) is 22.9 Å². The van der Waals surface area contributed by atoms with Gasteiger partial charge in [-0.2, -0.15) is 0 Å². The van der Waals surface area contributed by atoms with Crippen LogP contribution in [-0.2, 0) is 11.2 Å². The number of nitrogens with zero attached hydrogens (tertiary/aromatic N) is 1. The smallest absolute Gasteiger partial charge is 0.337 e. The Morgan fingerprint density at radius 2 is 1.96 bits per heavy atom. The summed E-state index contributed by atoms with van der Waals surface area (Å²) in [5.41, 5.74) is 2.80. The molecule has 0 aliphatic carbocycles. The monoisotopic (exact) mass is 340 g/mol. The van der Waals surface area contributed by atoms with Crippen molar-refractivity contribution in [3.05, 3.63) is 59.2 Å². The molecule has 3 rings (SSSR count). The quantitative estimate of drug-likeness (QED) is 0.732. The van der Waals surface area contributed by atoms with Crippen LogP contribution in [0.1, 0.15) is 33.2 Å². The number of hydrogen-bond acceptors (Lipinski definition) is 5. The van der Waals surface area contributed by atoms with E-state index in [0.29, 0.717) is 16.3 Å². The fourth-order valence-electron chi connectivity index (χ4n) is 2.32. The highest BCUT2D eigenvalue weighted by Crippen LogP contribution is 2.27. The van der Waals surface area contributed by atoms with Gasteiger partial charge in [0.15, 0.2) is 5.13 Å². The molecule has 0 atom stereocenters. The Kier molecular flexibility index (Phi) is 4.57. The van der Waals surface area contributed by atoms with Crippen LogP contribution in [0.5, 0.6) is 0 Å². The van der Waals surface area contributed by atoms with Crippen LogP contribution in [0.25, 0.3) is 10.2 Å². The van der Waals surface area contributed by atoms with E-state index in [2.05, 4.69) is 28.0 Å². The standard InChI is InChI=1S/C18H16N2O3S/c1-3-11-7-8-14-15(9-11)24-18(19-14)20-16(21)12-5-4-6-13(10-12)17(22)23-2/h4-10H,3H2,1-2H3,(H,19,20,21). The Morgan fingerprint density at radius 3 is 2.71 bits per heavy atom. The van der Waals surface area contributed by atoms with Gasteiger partial charge in [-0.1, -0.05) is 30.4 Å². The Labute approximate surface area is 143 Å². The van der Waals surface area contributed by atoms with E-state index < -0.39 is 5.97 Å². The van der Waals surface area contributed by atoms with Crippen molar-refractivity contribution in [2.24, 2.45) is 0 Å². The van der Waals surface area contributed by atoms with E-state index in [1.54, 1.807) is 18.2 Å². The Hall–Kier alpha value is -2.73. The van der Waals surface area contributed by atoms with Crippen LogP contribution >= 0.6 is 11.3 Å². The lowest BCUT2D eigenvalue weighted by atomic mass is 10.1. The minimum Gasteiger partial charge on any atom is -0.465 e. The fourth-order valence-corrected chi connectivity index (χ4v) is 3.24. The van der Waals surface area contributed by atoms with E-state index in [-0.39, 0.29) is 5.91 Å². The molecule has 3 aromatic rings. The Morgan fingerprint density at radius 1 is 1.17 bits per heavy atom. The van der Waals surface area contributed by atoms with Gasteiger partial charge >= 0.3 is 5.97 Å². The molecule has 2 aromatic carbocycles. The van der Waals surface area contributed by atoms with Gasteiger partial charge < -0.3 is 4.74 Å². The highest BCUT2D eigenvalue weighted by molar-refractivity contribution is 7.22. The van der Waals surface area contributed by atoms with Crippen molar-refractivity contribution in [1.29, 1.82) is 0 Å². The van der Waals surface area contributed by atoms with Gasteiger partial charge in [0.2, 0.25) is 0 Å². The summed E-state index contributed by atoms with van der Waals surface area (Å²) in [6.07, 6.45) is 0.954. The molecule has 5 nitrogen and oxygen atoms in total. The molecule has 0 radical (unpaired) electrons. The second-order valence-electron chi connectivity index (χ2n) is 5.20. The van der Waals surface area contributed by atoms with Crippen LogP contribution in [0, 0.1) is 0 Å². The summed E-state index contributed by atoms with van der Waals surface area (Å²) in [6, 6.07) is 12.5. The van der Waals surface area contributed by atoms with Crippen LogP contribution in [0.4, 0.5) is 5.13 Å². The number of carbonyl (C=O) groups is 2. The molecule has 0 bridgehead atoms. The highest BCUT2D eigenvalue weighted by Gasteiger charge is 2.13. The first-order chi connectivity index (χ1) is 11.6. The average Bonchev–Trinajstić information content (AvgIpc) is 3.02. The predicted molar refractivity (Wildman–Crippen MR) is 94.7 cm³/mol. The van der Waals surface area contributed by atoms with Gasteiger partial charge in [-0.25, -0.2) is 9.78 Å². The molecule has 0 saturated carbocycles. The van der Waals surface area contributed by atoms with Crippen molar-refractivity contribution in [1.82, 2.24) is 4.98 Å². The molecule has 0 unspecified atom stereocenters. The second kappa shape index (κ2) is 6.80. The molecule has 0 spiro atoms. The molecule has 1 amide bonds. The van der Waals surface area contributed by atoms with Crippen LogP contribution in [-0.4, -0.2) is 24.0 Å². The maximum absolute atomic E-state index is 12.4. The zero-order valence-corrected chi connectivity index (χ0v) is 14.1. The number of aryl methyl sites for hydroxylation is 1. The molecule has 1 aromatic heterocycles. The lowest BCUT2D eigenvalue weighted by Crippen LogP contribution is -2.12. The summed E-state index contributed by atoms with van der Waals surface area (Å²) in [4.78, 5) is 28.4. The molecule has 24 heavy (non-hydrogen) atoms. The van der Waals surface area contributed by atoms with E-state index in [1.165, 1.54) is 30.1 Å². The summed E-state index contributed by atoms with van der Waals surface area (Å²) < 4.78 is 5.71. The van der Waals surface area contributed by atoms with E-state index >= 15 is 0 Å². The third kappa shape index (κ3) is 3.28. The van der Waals surface area contributed by atoms with E-state index in [0.717, 1.165) is 16.6 Å². The number of anilines is 1. The van der Waals surface area contributed by atoms with Gasteiger partial charge in [0.25, 0.3) is 5.91 Å². The predicted octanol–water partition coefficient (Wildman–Crippen LogP) is 3.90. The number of carbonyl (C=O) groups excluding carboxylic acids is 2. The maximum atomic E-state index is 12.4. The zero-order chi connectivity index (χ0) is 17.1. The topological polar surface area (TPSA) is 68.3 Å². The van der Waals surface area contributed by atoms with Crippen LogP contribution < -0.4 is 5.32 Å². The molecule has 1 N–H and O–H groups in total. The number of ether oxygens (including phenoxy) is 1. The van der Waals surface area contributed by atoms with E-state index in [9.17, 15) is 9.59 Å². The van der Waals surface area contributed by atoms with Crippen molar-refractivity contribution < 1.29 is 14.3 Å². The lowest BCUT2D eigenvalue weighted by Gasteiger charge is -2.03. The first-order valence-corrected chi connectivity index (χ1v) is 8.31. The largest absolute Gasteiger partial charge is 0.465 e. The number of amides is 1. The molecular weight excluding hydrogens is 324 g/mol. The van der Waals surface area contributed by atoms with Gasteiger partial charge in [0, 0.05) is 5.56 Å². The highest BCUT2D eigenvalue weighted by atomic mass is 32.1. The summed E-state index contributed by atoms with van der Waals surface area (Å²) >= 11 is 1.43. The minimum absolute atomic E-state index is 0.310. The maximum Gasteiger partial charge on any atom is 0.337 e. The van der Waals surface area contributed by atoms with Gasteiger partial charge in [-0.05, 0) is 42.3 Å². The normalized spacial score (nSPS) is 10.6. The van der Waals surface area contributed by atoms with Crippen molar-refractivity contribution in [2.75, 3.05) is 12.4 Å². The van der Waals surface area contributed by atoms with Crippen LogP contribution in [0.2, 0.25) is 0 Å². The molecule has 122 valence electrons. The summed E-state index contributed by atoms with van der Waals surface area (Å²) in [6.45, 7) is 2.10. The first-order valence-electron chi connectivity index (χ1n) is 7.50. The number of rotatable bonds is 4. The molecule has 6 heteroatoms. The Bertz CT molecular complexity index is 918. The zero-order valence-electron chi connectivity index (χ0n) is 13.3. The van der Waals surface area contributed by atoms with Crippen molar-refractivity contribution in [2.45, 2.75) is 13.3 Å². The lowest BCUT2D eigenvalue weighted by molar-refractivity contribution is 0.0600. The van der Waals surface area contributed by atoms with Crippen molar-refractivity contribution in [3.63, 3.8) is 0 Å². The van der Waals surface area contributed by atoms with Gasteiger partial charge in [-0.15, -0.1) is 0 Å². The molecule has 1 heterocycles. The van der Waals surface area contributed by atoms with E-state index in [1.807, 2.05) is 12.1 Å². The summed E-state index contributed by atoms with van der Waals surface area (Å²) in [5, 5.41) is 3.32. The SMILES string of the molecule is CCc1ccc2nc(NC(=O)c3cccc(C(=O)OC)c3)sc2c1. The van der Waals surface area contributed by atoms with Crippen LogP contribution in [0.15, 0.2) is 42.5 Å². The number of thiazole rings is 1. The van der Waals surface area contributed by atoms with Crippen molar-refractivity contribution >= 4 is 38.6 Å². The third-order valence-corrected chi connectivity index (χ3v) is 4.56. The number of esters is 1. The Balaban J connectivity index is 1.83. The fraction of sp³-hybridized carbons (Fsp3) is 0.167. The number of methoxy groups -OCH3 is 1. The molecule has 0 fully saturated rings. The van der Waals surface area contributed by atoms with Crippen molar-refractivity contribution in [3.8, 4) is 0 Å². The number of aromatic nitrogens is 1. The van der Waals surface area contributed by atoms with Gasteiger partial charge in [-0.3, -0.25) is 10.1 Å². The third-order valence-electron chi connectivity index (χ3n) is 3.63. The molecule has 0 saturated heterocycles. The summed E-state index contributed by atoms with van der Waals surface area (Å²) in [5.74, 6) is -0.785. The van der Waals surface area contributed by atoms with Gasteiger partial charge in [0.1, 0.15) is 0 Å². The first kappa shape index (κ1) is 16.1. The number of fused-ring (bicyclic) bond motifs is 1. The van der Waals surface area contributed by atoms with Crippen LogP contribution in [0.3, 0.4) is 0 Å². The summed E-state index contributed by atoms with van der Waals surface area (Å²) in [7, 11) is 1.31. The average molecular weight is 340 g/mol. The minimum atomic E-state index is -0.475. The molecular formula is C18H16N2O3S. The van der Waals surface area contributed by atoms with E-state index in [4.69, 9.17) is 0 Å². The number of hydrogen-bond donors (Lipinski definition) is 1. The molecule has 0 aliphatic heterocycles.